The van der Waals surface area contributed by atoms with E-state index in [1.807, 2.05) is 24.3 Å². The zero-order valence-electron chi connectivity index (χ0n) is 22.8. The lowest BCUT2D eigenvalue weighted by atomic mass is 9.95. The first kappa shape index (κ1) is 31.2. The van der Waals surface area contributed by atoms with Crippen LogP contribution in [-0.2, 0) is 33.6 Å². The number of hydrogen-bond donors (Lipinski definition) is 3. The van der Waals surface area contributed by atoms with Crippen LogP contribution < -0.4 is 20.1 Å². The van der Waals surface area contributed by atoms with E-state index in [9.17, 15) is 8.42 Å². The molecule has 13 nitrogen and oxygen atoms in total. The molecule has 0 saturated heterocycles. The van der Waals surface area contributed by atoms with E-state index in [0.717, 1.165) is 30.8 Å². The summed E-state index contributed by atoms with van der Waals surface area (Å²) in [7, 11) is -3.06. The molecule has 1 aliphatic heterocycles. The fraction of sp³-hybridized carbons (Fsp3) is 0.269. The van der Waals surface area contributed by atoms with Gasteiger partial charge in [-0.3, -0.25) is 9.54 Å². The number of anilines is 2. The number of hydrogen-bond acceptors (Lipinski definition) is 12. The molecule has 4 N–H and O–H groups in total. The predicted octanol–water partition coefficient (Wildman–Crippen LogP) is 3.29. The second kappa shape index (κ2) is 13.3. The third-order valence-corrected chi connectivity index (χ3v) is 6.05. The van der Waals surface area contributed by atoms with Crippen LogP contribution in [-0.4, -0.2) is 63.4 Å². The molecule has 0 bridgehead atoms. The molecule has 5 rings (SSSR count). The van der Waals surface area contributed by atoms with Gasteiger partial charge in [-0.15, -0.1) is 0 Å². The van der Waals surface area contributed by atoms with Crippen molar-refractivity contribution >= 4 is 43.3 Å². The Hall–Kier alpha value is -4.34. The number of fused-ring (bicyclic) bond motifs is 2. The number of aromatic nitrogens is 3. The van der Waals surface area contributed by atoms with E-state index in [4.69, 9.17) is 42.9 Å². The zero-order chi connectivity index (χ0) is 30.3. The van der Waals surface area contributed by atoms with E-state index < -0.39 is 20.6 Å². The summed E-state index contributed by atoms with van der Waals surface area (Å²) < 4.78 is 60.0. The highest BCUT2D eigenvalue weighted by atomic mass is 32.2. The Morgan fingerprint density at radius 1 is 1.10 bits per heavy atom. The highest BCUT2D eigenvalue weighted by molar-refractivity contribution is 7.85. The lowest BCUT2D eigenvalue weighted by molar-refractivity contribution is 0.357. The van der Waals surface area contributed by atoms with Crippen molar-refractivity contribution in [2.45, 2.75) is 19.9 Å². The number of pyridine rings is 1. The topological polar surface area (TPSA) is 199 Å². The van der Waals surface area contributed by atoms with Gasteiger partial charge in [-0.1, -0.05) is 24.3 Å². The lowest BCUT2D eigenvalue weighted by Gasteiger charge is -2.30. The van der Waals surface area contributed by atoms with E-state index >= 15 is 0 Å². The minimum Gasteiger partial charge on any atom is -0.493 e. The van der Waals surface area contributed by atoms with E-state index in [1.165, 1.54) is 16.7 Å². The number of nitrogen functional groups attached to an aromatic ring is 1. The fourth-order valence-corrected chi connectivity index (χ4v) is 4.49. The highest BCUT2D eigenvalue weighted by Gasteiger charge is 2.24. The number of aryl methyl sites for hydroxylation is 1. The van der Waals surface area contributed by atoms with Gasteiger partial charge in [0.15, 0.2) is 11.5 Å². The van der Waals surface area contributed by atoms with Gasteiger partial charge in [0.05, 0.1) is 42.6 Å². The summed E-state index contributed by atoms with van der Waals surface area (Å²) in [4.78, 5) is 16.3. The van der Waals surface area contributed by atoms with Crippen LogP contribution in [0.2, 0.25) is 0 Å². The van der Waals surface area contributed by atoms with Crippen molar-refractivity contribution in [2.24, 2.45) is 0 Å². The molecule has 1 aliphatic rings. The number of nitrogens with zero attached hydrogens (tertiary/aromatic N) is 4. The summed E-state index contributed by atoms with van der Waals surface area (Å²) in [6.07, 6.45) is 3.40. The average Bonchev–Trinajstić information content (AvgIpc) is 2.91. The normalized spacial score (nSPS) is 12.3. The Balaban J connectivity index is 0.000000451. The van der Waals surface area contributed by atoms with Gasteiger partial charge in [0.25, 0.3) is 10.1 Å². The van der Waals surface area contributed by atoms with Crippen molar-refractivity contribution in [2.75, 3.05) is 37.7 Å². The Morgan fingerprint density at radius 3 is 2.37 bits per heavy atom. The number of benzene rings is 2. The Morgan fingerprint density at radius 2 is 1.78 bits per heavy atom. The SMILES string of the molecule is COc1cc2nc(N3CCc4c(C)cccc4C3)nc(N)c2c(-c2ccccn2)c1OC.CS(=O)(=O)O.N=S(=O)=O. The average molecular weight is 603 g/mol. The first-order chi connectivity index (χ1) is 19.3. The molecule has 15 heteroatoms. The first-order valence-corrected chi connectivity index (χ1v) is 14.9. The molecular formula is C26H30N6O7S2. The smallest absolute Gasteiger partial charge is 0.308 e. The molecule has 0 aliphatic carbocycles. The maximum atomic E-state index is 9.19. The second-order valence-electron chi connectivity index (χ2n) is 8.86. The van der Waals surface area contributed by atoms with Gasteiger partial charge < -0.3 is 20.1 Å². The first-order valence-electron chi connectivity index (χ1n) is 12.0. The molecule has 4 aromatic rings. The number of ether oxygens (including phenoxy) is 2. The predicted molar refractivity (Wildman–Crippen MR) is 155 cm³/mol. The summed E-state index contributed by atoms with van der Waals surface area (Å²) in [6.45, 7) is 3.75. The second-order valence-corrected chi connectivity index (χ2v) is 10.8. The van der Waals surface area contributed by atoms with Crippen LogP contribution in [0.4, 0.5) is 11.8 Å². The molecule has 2 aromatic carbocycles. The Kier molecular flexibility index (Phi) is 10.2. The zero-order valence-corrected chi connectivity index (χ0v) is 24.5. The molecule has 0 amide bonds. The lowest BCUT2D eigenvalue weighted by Crippen LogP contribution is -2.32. The number of nitrogens with one attached hydrogen (secondary N) is 1. The van der Waals surface area contributed by atoms with Crippen molar-refractivity contribution in [3.8, 4) is 22.8 Å². The van der Waals surface area contributed by atoms with Crippen LogP contribution in [0.15, 0.2) is 48.7 Å². The number of rotatable bonds is 4. The maximum absolute atomic E-state index is 9.19. The molecule has 0 saturated carbocycles. The van der Waals surface area contributed by atoms with Crippen LogP contribution >= 0.6 is 0 Å². The number of methoxy groups -OCH3 is 2. The Labute approximate surface area is 239 Å². The monoisotopic (exact) mass is 602 g/mol. The molecule has 218 valence electrons. The highest BCUT2D eigenvalue weighted by Crippen LogP contribution is 2.44. The quantitative estimate of drug-likeness (QED) is 0.288. The summed E-state index contributed by atoms with van der Waals surface area (Å²) >= 11 is 0. The van der Waals surface area contributed by atoms with Crippen LogP contribution in [0.3, 0.4) is 0 Å². The largest absolute Gasteiger partial charge is 0.493 e. The van der Waals surface area contributed by atoms with Gasteiger partial charge in [0.2, 0.25) is 5.95 Å². The summed E-state index contributed by atoms with van der Waals surface area (Å²) in [5.74, 6) is 2.14. The van der Waals surface area contributed by atoms with Crippen molar-refractivity contribution < 1.29 is 30.9 Å². The third kappa shape index (κ3) is 8.09. The number of nitrogens with two attached hydrogens (primary N) is 1. The van der Waals surface area contributed by atoms with Crippen LogP contribution in [0.5, 0.6) is 11.5 Å². The molecule has 0 spiro atoms. The van der Waals surface area contributed by atoms with Crippen molar-refractivity contribution in [3.63, 3.8) is 0 Å². The molecule has 0 atom stereocenters. The molecule has 41 heavy (non-hydrogen) atoms. The molecule has 0 radical (unpaired) electrons. The van der Waals surface area contributed by atoms with E-state index in [0.29, 0.717) is 40.4 Å². The third-order valence-electron chi connectivity index (χ3n) is 6.05. The van der Waals surface area contributed by atoms with Gasteiger partial charge in [0, 0.05) is 25.4 Å². The van der Waals surface area contributed by atoms with Gasteiger partial charge >= 0.3 is 10.5 Å². The van der Waals surface area contributed by atoms with Gasteiger partial charge in [-0.25, -0.2) is 4.98 Å². The van der Waals surface area contributed by atoms with Crippen LogP contribution in [0.1, 0.15) is 16.7 Å². The molecular weight excluding hydrogens is 572 g/mol. The van der Waals surface area contributed by atoms with Crippen molar-refractivity contribution in [1.82, 2.24) is 15.0 Å². The molecule has 2 aromatic heterocycles. The standard InChI is InChI=1S/C25H25N5O2.CH4O3S.HNO2S/c1-15-7-6-8-16-14-30(12-10-17(15)16)25-28-19-13-20(31-2)23(32-3)21(22(19)24(26)29-25)18-9-4-5-11-27-18;1-5(2,3)4;1-4(2)3/h4-9,11,13H,10,12,14H2,1-3H3,(H2,26,28,29);1H3,(H,2,3,4);1H. The van der Waals surface area contributed by atoms with Gasteiger partial charge in [0.1, 0.15) is 5.82 Å². The maximum Gasteiger partial charge on any atom is 0.308 e. The fourth-order valence-electron chi connectivity index (χ4n) is 4.49. The summed E-state index contributed by atoms with van der Waals surface area (Å²) in [5.41, 5.74) is 12.7. The van der Waals surface area contributed by atoms with Gasteiger partial charge in [-0.2, -0.15) is 26.6 Å². The van der Waals surface area contributed by atoms with E-state index in [1.54, 1.807) is 20.4 Å². The van der Waals surface area contributed by atoms with Crippen LogP contribution in [0.25, 0.3) is 22.2 Å². The molecule has 0 fully saturated rings. The van der Waals surface area contributed by atoms with Crippen molar-refractivity contribution in [1.29, 1.82) is 4.78 Å². The summed E-state index contributed by atoms with van der Waals surface area (Å²) in [5, 5.41) is 0.707. The van der Waals surface area contributed by atoms with Gasteiger partial charge in [-0.05, 0) is 42.2 Å². The minimum atomic E-state index is -3.67. The summed E-state index contributed by atoms with van der Waals surface area (Å²) in [6, 6.07) is 14.0. The minimum absolute atomic E-state index is 0.390. The molecule has 3 heterocycles. The van der Waals surface area contributed by atoms with Crippen molar-refractivity contribution in [3.05, 3.63) is 65.4 Å². The Bertz CT molecular complexity index is 1750. The van der Waals surface area contributed by atoms with Crippen LogP contribution in [0, 0.1) is 11.7 Å². The molecule has 0 unspecified atom stereocenters. The van der Waals surface area contributed by atoms with E-state index in [2.05, 4.69) is 35.0 Å². The van der Waals surface area contributed by atoms with E-state index in [-0.39, 0.29) is 0 Å².